The highest BCUT2D eigenvalue weighted by Gasteiger charge is 2.32. The summed E-state index contributed by atoms with van der Waals surface area (Å²) in [5.74, 6) is -0.912. The minimum Gasteiger partial charge on any atom is -0.332 e. The van der Waals surface area contributed by atoms with Crippen LogP contribution in [-0.4, -0.2) is 48.9 Å². The third-order valence-corrected chi connectivity index (χ3v) is 5.91. The normalized spacial score (nSPS) is 12.8. The van der Waals surface area contributed by atoms with Crippen LogP contribution in [0, 0.1) is 9.39 Å². The summed E-state index contributed by atoms with van der Waals surface area (Å²) in [6.07, 6.45) is 1.39. The zero-order chi connectivity index (χ0) is 23.0. The molecule has 0 bridgehead atoms. The number of rotatable bonds is 10. The third-order valence-electron chi connectivity index (χ3n) is 5.19. The smallest absolute Gasteiger partial charge is 0.249 e. The fraction of sp³-hybridized carbons (Fsp3) is 0.391. The van der Waals surface area contributed by atoms with Gasteiger partial charge in [-0.3, -0.25) is 9.59 Å². The minimum absolute atomic E-state index is 0.236. The van der Waals surface area contributed by atoms with Crippen molar-refractivity contribution in [2.24, 2.45) is 11.5 Å². The average molecular weight is 540 g/mol. The minimum atomic E-state index is -0.765. The molecule has 2 atom stereocenters. The van der Waals surface area contributed by atoms with Gasteiger partial charge in [0, 0.05) is 22.8 Å². The van der Waals surface area contributed by atoms with Crippen LogP contribution in [0.2, 0.25) is 0 Å². The maximum atomic E-state index is 13.4. The Labute approximate surface area is 196 Å². The average Bonchev–Trinajstić information content (AvgIpc) is 2.76. The highest BCUT2D eigenvalue weighted by molar-refractivity contribution is 14.1. The molecule has 0 spiro atoms. The van der Waals surface area contributed by atoms with Crippen molar-refractivity contribution in [3.8, 4) is 0 Å². The number of likely N-dealkylation sites (N-methyl/N-ethyl adjacent to an activating group) is 2. The molecule has 168 valence electrons. The van der Waals surface area contributed by atoms with Crippen LogP contribution in [0.3, 0.4) is 0 Å². The number of anilines is 1. The summed E-state index contributed by atoms with van der Waals surface area (Å²) in [6.45, 7) is 2.63. The van der Waals surface area contributed by atoms with Crippen molar-refractivity contribution in [1.29, 1.82) is 0 Å². The molecule has 6 nitrogen and oxygen atoms in total. The molecule has 2 aromatic rings. The quantitative estimate of drug-likeness (QED) is 0.454. The molecular weight excluding hydrogens is 510 g/mol. The molecule has 0 aliphatic carbocycles. The predicted molar refractivity (Wildman–Crippen MR) is 130 cm³/mol. The lowest BCUT2D eigenvalue weighted by Gasteiger charge is -2.33. The monoisotopic (exact) mass is 540 g/mol. The number of hydrogen-bond acceptors (Lipinski definition) is 4. The van der Waals surface area contributed by atoms with Crippen LogP contribution in [0.4, 0.5) is 10.1 Å². The van der Waals surface area contributed by atoms with Crippen molar-refractivity contribution >= 4 is 40.1 Å². The van der Waals surface area contributed by atoms with Crippen LogP contribution in [0.5, 0.6) is 0 Å². The zero-order valence-electron chi connectivity index (χ0n) is 17.9. The molecule has 2 amide bonds. The van der Waals surface area contributed by atoms with Gasteiger partial charge in [0.15, 0.2) is 0 Å². The fourth-order valence-corrected chi connectivity index (χ4v) is 3.80. The summed E-state index contributed by atoms with van der Waals surface area (Å²) >= 11 is 2.22. The second kappa shape index (κ2) is 12.1. The van der Waals surface area contributed by atoms with E-state index in [9.17, 15) is 14.0 Å². The van der Waals surface area contributed by atoms with E-state index in [1.54, 1.807) is 24.1 Å². The van der Waals surface area contributed by atoms with Crippen LogP contribution in [0.15, 0.2) is 48.5 Å². The summed E-state index contributed by atoms with van der Waals surface area (Å²) in [5.41, 5.74) is 13.4. The molecule has 8 heteroatoms. The van der Waals surface area contributed by atoms with E-state index in [2.05, 4.69) is 22.6 Å². The Balaban J connectivity index is 2.19. The van der Waals surface area contributed by atoms with Gasteiger partial charge in [-0.05, 0) is 97.3 Å². The number of hydrogen-bond donors (Lipinski definition) is 2. The lowest BCUT2D eigenvalue weighted by molar-refractivity contribution is -0.139. The summed E-state index contributed by atoms with van der Waals surface area (Å²) in [5, 5.41) is 0. The Bertz CT molecular complexity index is 861. The molecule has 0 saturated heterocycles. The Morgan fingerprint density at radius 1 is 1.06 bits per heavy atom. The Hall–Kier alpha value is -2.04. The van der Waals surface area contributed by atoms with Gasteiger partial charge < -0.3 is 21.3 Å². The number of halogens is 2. The standard InChI is InChI=1S/C23H30FIN4O2/c1-3-29(19-12-8-17(24)9-13-19)23(31)21(5-4-14-26)28(2)22(30)20(27)15-16-6-10-18(25)11-7-16/h6-13,20-21H,3-5,14-15,26-27H2,1-2H3/t20-,21-/m0/s1. The van der Waals surface area contributed by atoms with E-state index in [-0.39, 0.29) is 17.6 Å². The largest absolute Gasteiger partial charge is 0.332 e. The molecule has 0 radical (unpaired) electrons. The van der Waals surface area contributed by atoms with Gasteiger partial charge in [-0.2, -0.15) is 0 Å². The number of carbonyl (C=O) groups is 2. The van der Waals surface area contributed by atoms with Gasteiger partial charge in [0.1, 0.15) is 11.9 Å². The maximum absolute atomic E-state index is 13.4. The molecule has 2 rings (SSSR count). The first kappa shape index (κ1) is 25.2. The molecule has 31 heavy (non-hydrogen) atoms. The molecule has 0 saturated carbocycles. The molecule has 0 aliphatic heterocycles. The summed E-state index contributed by atoms with van der Waals surface area (Å²) in [4.78, 5) is 29.4. The van der Waals surface area contributed by atoms with Crippen LogP contribution in [0.25, 0.3) is 0 Å². The first-order valence-corrected chi connectivity index (χ1v) is 11.4. The van der Waals surface area contributed by atoms with Gasteiger partial charge >= 0.3 is 0 Å². The van der Waals surface area contributed by atoms with Crippen molar-refractivity contribution < 1.29 is 14.0 Å². The SMILES string of the molecule is CCN(C(=O)[C@H](CCCN)N(C)C(=O)[C@@H](N)Cc1ccc(I)cc1)c1ccc(F)cc1. The lowest BCUT2D eigenvalue weighted by atomic mass is 10.0. The first-order chi connectivity index (χ1) is 14.8. The number of carbonyl (C=O) groups excluding carboxylic acids is 2. The van der Waals surface area contributed by atoms with E-state index >= 15 is 0 Å². The number of amides is 2. The van der Waals surface area contributed by atoms with E-state index in [1.807, 2.05) is 31.2 Å². The molecule has 0 heterocycles. The molecule has 0 unspecified atom stereocenters. The van der Waals surface area contributed by atoms with Gasteiger partial charge in [0.05, 0.1) is 6.04 Å². The van der Waals surface area contributed by atoms with Crippen molar-refractivity contribution in [3.63, 3.8) is 0 Å². The van der Waals surface area contributed by atoms with Crippen molar-refractivity contribution in [3.05, 3.63) is 63.5 Å². The highest BCUT2D eigenvalue weighted by Crippen LogP contribution is 2.19. The Morgan fingerprint density at radius 3 is 2.23 bits per heavy atom. The fourth-order valence-electron chi connectivity index (χ4n) is 3.44. The second-order valence-electron chi connectivity index (χ2n) is 7.39. The first-order valence-electron chi connectivity index (χ1n) is 10.3. The zero-order valence-corrected chi connectivity index (χ0v) is 20.1. The predicted octanol–water partition coefficient (Wildman–Crippen LogP) is 2.92. The van der Waals surface area contributed by atoms with Crippen molar-refractivity contribution in [1.82, 2.24) is 4.90 Å². The summed E-state index contributed by atoms with van der Waals surface area (Å²) in [6, 6.07) is 12.1. The number of benzene rings is 2. The molecular formula is C23H30FIN4O2. The summed E-state index contributed by atoms with van der Waals surface area (Å²) in [7, 11) is 1.60. The molecule has 4 N–H and O–H groups in total. The van der Waals surface area contributed by atoms with Gasteiger partial charge in [-0.1, -0.05) is 12.1 Å². The lowest BCUT2D eigenvalue weighted by Crippen LogP contribution is -2.54. The van der Waals surface area contributed by atoms with E-state index in [0.29, 0.717) is 38.0 Å². The number of nitrogens with zero attached hydrogens (tertiary/aromatic N) is 2. The third kappa shape index (κ3) is 6.98. The van der Waals surface area contributed by atoms with Crippen LogP contribution >= 0.6 is 22.6 Å². The highest BCUT2D eigenvalue weighted by atomic mass is 127. The number of nitrogens with two attached hydrogens (primary N) is 2. The Kier molecular flexibility index (Phi) is 9.86. The van der Waals surface area contributed by atoms with E-state index in [0.717, 1.165) is 9.13 Å². The molecule has 2 aromatic carbocycles. The van der Waals surface area contributed by atoms with Crippen molar-refractivity contribution in [2.45, 2.75) is 38.3 Å². The van der Waals surface area contributed by atoms with Crippen LogP contribution in [-0.2, 0) is 16.0 Å². The van der Waals surface area contributed by atoms with E-state index < -0.39 is 12.1 Å². The van der Waals surface area contributed by atoms with Gasteiger partial charge in [0.25, 0.3) is 0 Å². The van der Waals surface area contributed by atoms with Gasteiger partial charge in [-0.25, -0.2) is 4.39 Å². The maximum Gasteiger partial charge on any atom is 0.249 e. The molecule has 0 fully saturated rings. The Morgan fingerprint density at radius 2 is 1.68 bits per heavy atom. The van der Waals surface area contributed by atoms with Gasteiger partial charge in [0.2, 0.25) is 11.8 Å². The topological polar surface area (TPSA) is 92.7 Å². The summed E-state index contributed by atoms with van der Waals surface area (Å²) < 4.78 is 14.4. The van der Waals surface area contributed by atoms with Crippen LogP contribution < -0.4 is 16.4 Å². The van der Waals surface area contributed by atoms with Gasteiger partial charge in [-0.15, -0.1) is 0 Å². The van der Waals surface area contributed by atoms with E-state index in [1.165, 1.54) is 17.0 Å². The van der Waals surface area contributed by atoms with Crippen LogP contribution in [0.1, 0.15) is 25.3 Å². The molecule has 0 aromatic heterocycles. The van der Waals surface area contributed by atoms with E-state index in [4.69, 9.17) is 11.5 Å². The molecule has 0 aliphatic rings. The van der Waals surface area contributed by atoms with Crippen molar-refractivity contribution in [2.75, 3.05) is 25.0 Å². The second-order valence-corrected chi connectivity index (χ2v) is 8.64.